The first-order valence-corrected chi connectivity index (χ1v) is 7.53. The fourth-order valence-corrected chi connectivity index (χ4v) is 3.69. The van der Waals surface area contributed by atoms with Crippen molar-refractivity contribution >= 4 is 11.9 Å². The van der Waals surface area contributed by atoms with Gasteiger partial charge in [0.1, 0.15) is 5.69 Å². The van der Waals surface area contributed by atoms with Crippen molar-refractivity contribution in [2.75, 3.05) is 6.61 Å². The first kappa shape index (κ1) is 15.0. The van der Waals surface area contributed by atoms with E-state index in [1.165, 1.54) is 18.3 Å². The van der Waals surface area contributed by atoms with Crippen LogP contribution in [0.25, 0.3) is 0 Å². The first-order chi connectivity index (χ1) is 10.4. The molecule has 1 aliphatic carbocycles. The van der Waals surface area contributed by atoms with Crippen LogP contribution in [0.1, 0.15) is 47.5 Å². The molecule has 1 saturated heterocycles. The number of rotatable bonds is 3. The Morgan fingerprint density at radius 1 is 1.41 bits per heavy atom. The second-order valence-corrected chi connectivity index (χ2v) is 6.61. The molecule has 1 saturated carbocycles. The zero-order valence-corrected chi connectivity index (χ0v) is 12.7. The molecule has 3 unspecified atom stereocenters. The highest BCUT2D eigenvalue weighted by molar-refractivity contribution is 5.95. The van der Waals surface area contributed by atoms with Gasteiger partial charge in [0.05, 0.1) is 11.7 Å². The van der Waals surface area contributed by atoms with Crippen molar-refractivity contribution in [3.8, 4) is 0 Å². The molecule has 22 heavy (non-hydrogen) atoms. The van der Waals surface area contributed by atoms with Crippen molar-refractivity contribution in [1.29, 1.82) is 0 Å². The third-order valence-corrected chi connectivity index (χ3v) is 4.86. The van der Waals surface area contributed by atoms with E-state index >= 15 is 0 Å². The van der Waals surface area contributed by atoms with Gasteiger partial charge in [-0.15, -0.1) is 0 Å². The van der Waals surface area contributed by atoms with Crippen LogP contribution < -0.4 is 5.32 Å². The fraction of sp³-hybridized carbons (Fsp3) is 0.562. The van der Waals surface area contributed by atoms with E-state index in [0.717, 1.165) is 19.4 Å². The predicted octanol–water partition coefficient (Wildman–Crippen LogP) is 1.71. The highest BCUT2D eigenvalue weighted by Crippen LogP contribution is 2.51. The van der Waals surface area contributed by atoms with Gasteiger partial charge in [0, 0.05) is 30.2 Å². The molecule has 1 aliphatic heterocycles. The number of nitrogens with one attached hydrogen (secondary N) is 1. The minimum atomic E-state index is -1.10. The fourth-order valence-electron chi connectivity index (χ4n) is 3.69. The maximum absolute atomic E-state index is 12.4. The van der Waals surface area contributed by atoms with Crippen LogP contribution in [0.15, 0.2) is 18.3 Å². The molecular weight excluding hydrogens is 284 g/mol. The minimum absolute atomic E-state index is 0.0683. The Labute approximate surface area is 128 Å². The number of nitrogens with zero attached hydrogens (tertiary/aromatic N) is 1. The van der Waals surface area contributed by atoms with Gasteiger partial charge in [0.2, 0.25) is 0 Å². The van der Waals surface area contributed by atoms with Crippen LogP contribution in [-0.2, 0) is 4.74 Å². The van der Waals surface area contributed by atoms with Gasteiger partial charge >= 0.3 is 5.97 Å². The summed E-state index contributed by atoms with van der Waals surface area (Å²) in [5, 5.41) is 11.9. The molecule has 1 aromatic heterocycles. The number of carboxylic acids is 1. The number of carbonyl (C=O) groups excluding carboxylic acids is 1. The van der Waals surface area contributed by atoms with E-state index in [0.29, 0.717) is 11.5 Å². The minimum Gasteiger partial charge on any atom is -0.477 e. The summed E-state index contributed by atoms with van der Waals surface area (Å²) in [6.45, 7) is 5.01. The van der Waals surface area contributed by atoms with Crippen molar-refractivity contribution in [3.63, 3.8) is 0 Å². The predicted molar refractivity (Wildman–Crippen MR) is 78.7 cm³/mol. The average Bonchev–Trinajstić information content (AvgIpc) is 2.52. The average molecular weight is 304 g/mol. The molecule has 3 rings (SSSR count). The van der Waals surface area contributed by atoms with E-state index in [2.05, 4.69) is 24.1 Å². The summed E-state index contributed by atoms with van der Waals surface area (Å²) < 4.78 is 5.82. The number of carbonyl (C=O) groups is 2. The third kappa shape index (κ3) is 2.37. The lowest BCUT2D eigenvalue weighted by molar-refractivity contribution is -0.189. The molecule has 3 atom stereocenters. The molecule has 0 bridgehead atoms. The molecule has 0 spiro atoms. The third-order valence-electron chi connectivity index (χ3n) is 4.86. The van der Waals surface area contributed by atoms with E-state index in [4.69, 9.17) is 9.84 Å². The Hall–Kier alpha value is -1.95. The van der Waals surface area contributed by atoms with Crippen molar-refractivity contribution in [1.82, 2.24) is 10.3 Å². The molecule has 2 heterocycles. The summed E-state index contributed by atoms with van der Waals surface area (Å²) in [5.74, 6) is -0.959. The topological polar surface area (TPSA) is 88.5 Å². The number of pyridine rings is 1. The smallest absolute Gasteiger partial charge is 0.354 e. The Morgan fingerprint density at radius 3 is 2.82 bits per heavy atom. The number of carboxylic acid groups (broad SMARTS) is 1. The van der Waals surface area contributed by atoms with Crippen LogP contribution >= 0.6 is 0 Å². The van der Waals surface area contributed by atoms with Crippen molar-refractivity contribution in [2.24, 2.45) is 11.3 Å². The summed E-state index contributed by atoms with van der Waals surface area (Å²) in [6.07, 6.45) is 3.60. The SMILES string of the molecule is CC1(C)C(NC(=O)c2ccc(C(=O)O)nc2)C2CCCOC21. The number of aromatic carboxylic acids is 1. The molecule has 118 valence electrons. The normalized spacial score (nSPS) is 29.1. The molecular formula is C16H20N2O4. The van der Waals surface area contributed by atoms with E-state index in [-0.39, 0.29) is 29.2 Å². The highest BCUT2D eigenvalue weighted by Gasteiger charge is 2.58. The maximum atomic E-state index is 12.4. The van der Waals surface area contributed by atoms with Gasteiger partial charge in [0.15, 0.2) is 0 Å². The Bertz CT molecular complexity index is 597. The lowest BCUT2D eigenvalue weighted by Crippen LogP contribution is -2.70. The molecule has 6 nitrogen and oxygen atoms in total. The number of ether oxygens (including phenoxy) is 1. The van der Waals surface area contributed by atoms with Gasteiger partial charge in [-0.2, -0.15) is 0 Å². The van der Waals surface area contributed by atoms with Crippen LogP contribution in [0.4, 0.5) is 0 Å². The van der Waals surface area contributed by atoms with Crippen LogP contribution in [0.5, 0.6) is 0 Å². The molecule has 2 aliphatic rings. The second-order valence-electron chi connectivity index (χ2n) is 6.61. The summed E-state index contributed by atoms with van der Waals surface area (Å²) in [4.78, 5) is 26.9. The Morgan fingerprint density at radius 2 is 2.18 bits per heavy atom. The van der Waals surface area contributed by atoms with Crippen LogP contribution in [0.3, 0.4) is 0 Å². The molecule has 0 radical (unpaired) electrons. The van der Waals surface area contributed by atoms with Crippen LogP contribution in [0, 0.1) is 11.3 Å². The lowest BCUT2D eigenvalue weighted by atomic mass is 9.55. The van der Waals surface area contributed by atoms with E-state index in [1.54, 1.807) is 0 Å². The van der Waals surface area contributed by atoms with Crippen LogP contribution in [0.2, 0.25) is 0 Å². The monoisotopic (exact) mass is 304 g/mol. The van der Waals surface area contributed by atoms with Crippen molar-refractivity contribution in [2.45, 2.75) is 38.8 Å². The largest absolute Gasteiger partial charge is 0.477 e. The van der Waals surface area contributed by atoms with E-state index in [9.17, 15) is 9.59 Å². The highest BCUT2D eigenvalue weighted by atomic mass is 16.5. The summed E-state index contributed by atoms with van der Waals surface area (Å²) in [7, 11) is 0. The quantitative estimate of drug-likeness (QED) is 0.887. The molecule has 2 N–H and O–H groups in total. The number of hydrogen-bond donors (Lipinski definition) is 2. The van der Waals surface area contributed by atoms with Gasteiger partial charge in [0.25, 0.3) is 5.91 Å². The number of aromatic nitrogens is 1. The van der Waals surface area contributed by atoms with Gasteiger partial charge in [-0.25, -0.2) is 9.78 Å². The van der Waals surface area contributed by atoms with Gasteiger partial charge < -0.3 is 15.2 Å². The molecule has 2 fully saturated rings. The Kier molecular flexibility index (Phi) is 3.64. The summed E-state index contributed by atoms with van der Waals surface area (Å²) in [6, 6.07) is 2.91. The van der Waals surface area contributed by atoms with Crippen LogP contribution in [-0.4, -0.2) is 40.7 Å². The summed E-state index contributed by atoms with van der Waals surface area (Å²) >= 11 is 0. The van der Waals surface area contributed by atoms with Gasteiger partial charge in [-0.3, -0.25) is 4.79 Å². The maximum Gasteiger partial charge on any atom is 0.354 e. The summed E-state index contributed by atoms with van der Waals surface area (Å²) in [5.41, 5.74) is 0.220. The Balaban J connectivity index is 1.70. The van der Waals surface area contributed by atoms with Crippen molar-refractivity contribution < 1.29 is 19.4 Å². The second kappa shape index (κ2) is 5.35. The zero-order chi connectivity index (χ0) is 15.9. The first-order valence-electron chi connectivity index (χ1n) is 7.53. The standard InChI is InChI=1S/C16H20N2O4/c1-16(2)12(10-4-3-7-22-13(10)16)18-14(19)9-5-6-11(15(20)21)17-8-9/h5-6,8,10,12-13H,3-4,7H2,1-2H3,(H,18,19)(H,20,21). The number of fused-ring (bicyclic) bond motifs is 1. The number of amides is 1. The lowest BCUT2D eigenvalue weighted by Gasteiger charge is -2.59. The molecule has 6 heteroatoms. The van der Waals surface area contributed by atoms with Crippen molar-refractivity contribution in [3.05, 3.63) is 29.6 Å². The van der Waals surface area contributed by atoms with Gasteiger partial charge in [-0.05, 0) is 25.0 Å². The number of hydrogen-bond acceptors (Lipinski definition) is 4. The molecule has 0 aromatic carbocycles. The molecule has 1 amide bonds. The molecule has 1 aromatic rings. The van der Waals surface area contributed by atoms with Gasteiger partial charge in [-0.1, -0.05) is 13.8 Å². The van der Waals surface area contributed by atoms with E-state index in [1.807, 2.05) is 0 Å². The zero-order valence-electron chi connectivity index (χ0n) is 12.7. The van der Waals surface area contributed by atoms with E-state index < -0.39 is 5.97 Å².